The van der Waals surface area contributed by atoms with E-state index in [-0.39, 0.29) is 28.7 Å². The van der Waals surface area contributed by atoms with Gasteiger partial charge in [-0.25, -0.2) is 0 Å². The maximum Gasteiger partial charge on any atom is 0.417 e. The lowest BCUT2D eigenvalue weighted by Crippen LogP contribution is -2.34. The molecule has 1 heterocycles. The molecular weight excluding hydrogens is 463 g/mol. The fourth-order valence-corrected chi connectivity index (χ4v) is 5.76. The molecule has 1 unspecified atom stereocenters. The van der Waals surface area contributed by atoms with E-state index in [2.05, 4.69) is 19.2 Å². The van der Waals surface area contributed by atoms with Crippen LogP contribution in [0.15, 0.2) is 30.3 Å². The van der Waals surface area contributed by atoms with Crippen molar-refractivity contribution in [2.75, 3.05) is 7.11 Å². The number of carbonyl (C=O) groups excluding carboxylic acids is 2. The molecule has 34 heavy (non-hydrogen) atoms. The van der Waals surface area contributed by atoms with Crippen molar-refractivity contribution in [1.29, 1.82) is 0 Å². The Kier molecular flexibility index (Phi) is 6.03. The summed E-state index contributed by atoms with van der Waals surface area (Å²) in [4.78, 5) is 23.4. The second-order valence-electron chi connectivity index (χ2n) is 10.3. The minimum Gasteiger partial charge on any atom is -0.496 e. The van der Waals surface area contributed by atoms with Crippen LogP contribution in [0.1, 0.15) is 62.8 Å². The summed E-state index contributed by atoms with van der Waals surface area (Å²) in [6, 6.07) is 7.98. The average molecular weight is 492 g/mol. The maximum atomic E-state index is 14.3. The van der Waals surface area contributed by atoms with Crippen molar-refractivity contribution in [2.45, 2.75) is 69.2 Å². The first-order valence-electron chi connectivity index (χ1n) is 11.2. The van der Waals surface area contributed by atoms with Gasteiger partial charge in [-0.2, -0.15) is 13.2 Å². The number of halogens is 3. The van der Waals surface area contributed by atoms with Gasteiger partial charge in [-0.15, -0.1) is 0 Å². The highest BCUT2D eigenvalue weighted by atomic mass is 32.2. The van der Waals surface area contributed by atoms with E-state index in [9.17, 15) is 22.8 Å². The van der Waals surface area contributed by atoms with Gasteiger partial charge < -0.3 is 4.74 Å². The Balaban J connectivity index is 1.85. The molecule has 0 radical (unpaired) electrons. The number of ether oxygens (including phenoxy) is 1. The standard InChI is InChI=1S/C26H28F3NO3S/c1-24(2)8-9-25(3,4)19-13-17(26(27,28)29)16(12-18(19)24)15-7-6-14(10-20(15)33-5)11-21-22(31)30-23(32)34-21/h6-7,10,12-13,21H,8-9,11H2,1-5H3,(H,30,31,32). The van der Waals surface area contributed by atoms with E-state index in [1.165, 1.54) is 13.2 Å². The zero-order valence-electron chi connectivity index (χ0n) is 19.9. The lowest BCUT2D eigenvalue weighted by molar-refractivity contribution is -0.137. The summed E-state index contributed by atoms with van der Waals surface area (Å²) in [5.41, 5.74) is 1.52. The summed E-state index contributed by atoms with van der Waals surface area (Å²) in [6.45, 7) is 8.14. The molecule has 2 aromatic rings. The fourth-order valence-electron chi connectivity index (χ4n) is 4.90. The number of imide groups is 1. The van der Waals surface area contributed by atoms with Gasteiger partial charge in [0.05, 0.1) is 17.9 Å². The molecule has 1 saturated heterocycles. The topological polar surface area (TPSA) is 55.4 Å². The summed E-state index contributed by atoms with van der Waals surface area (Å²) in [7, 11) is 1.42. The molecule has 4 nitrogen and oxygen atoms in total. The Labute approximate surface area is 201 Å². The molecule has 2 aliphatic rings. The Morgan fingerprint density at radius 3 is 2.15 bits per heavy atom. The van der Waals surface area contributed by atoms with Crippen molar-refractivity contribution in [2.24, 2.45) is 0 Å². The Morgan fingerprint density at radius 1 is 1.00 bits per heavy atom. The third kappa shape index (κ3) is 4.44. The molecule has 2 amide bonds. The molecule has 1 fully saturated rings. The second-order valence-corrected chi connectivity index (χ2v) is 11.5. The van der Waals surface area contributed by atoms with Gasteiger partial charge in [0.25, 0.3) is 5.24 Å². The first-order valence-corrected chi connectivity index (χ1v) is 12.1. The van der Waals surface area contributed by atoms with Crippen LogP contribution in [-0.4, -0.2) is 23.5 Å². The van der Waals surface area contributed by atoms with Gasteiger partial charge >= 0.3 is 6.18 Å². The molecule has 8 heteroatoms. The van der Waals surface area contributed by atoms with E-state index in [0.717, 1.165) is 35.7 Å². The van der Waals surface area contributed by atoms with Gasteiger partial charge in [-0.05, 0) is 70.5 Å². The van der Waals surface area contributed by atoms with Crippen LogP contribution in [0.25, 0.3) is 11.1 Å². The van der Waals surface area contributed by atoms with Crippen LogP contribution in [-0.2, 0) is 28.2 Å². The SMILES string of the molecule is COc1cc(CC2SC(=O)NC2=O)ccc1-c1cc2c(cc1C(F)(F)F)C(C)(C)CCC2(C)C. The van der Waals surface area contributed by atoms with Gasteiger partial charge in [-0.1, -0.05) is 51.6 Å². The largest absolute Gasteiger partial charge is 0.496 e. The fraction of sp³-hybridized carbons (Fsp3) is 0.462. The lowest BCUT2D eigenvalue weighted by atomic mass is 9.62. The zero-order valence-corrected chi connectivity index (χ0v) is 20.7. The van der Waals surface area contributed by atoms with Gasteiger partial charge in [0.1, 0.15) is 5.75 Å². The third-order valence-corrected chi connectivity index (χ3v) is 8.02. The van der Waals surface area contributed by atoms with Crippen LogP contribution in [0.3, 0.4) is 0 Å². The highest BCUT2D eigenvalue weighted by Crippen LogP contribution is 2.51. The van der Waals surface area contributed by atoms with Crippen LogP contribution in [0.2, 0.25) is 0 Å². The minimum atomic E-state index is -4.54. The van der Waals surface area contributed by atoms with Crippen LogP contribution >= 0.6 is 11.8 Å². The smallest absolute Gasteiger partial charge is 0.417 e. The van der Waals surface area contributed by atoms with E-state index in [0.29, 0.717) is 16.9 Å². The number of nitrogens with one attached hydrogen (secondary N) is 1. The van der Waals surface area contributed by atoms with Crippen LogP contribution < -0.4 is 10.1 Å². The summed E-state index contributed by atoms with van der Waals surface area (Å²) in [5, 5.41) is 1.28. The number of alkyl halides is 3. The predicted octanol–water partition coefficient (Wildman–Crippen LogP) is 6.62. The van der Waals surface area contributed by atoms with Crippen LogP contribution in [0.5, 0.6) is 5.75 Å². The molecule has 0 bridgehead atoms. The molecule has 0 saturated carbocycles. The number of benzene rings is 2. The highest BCUT2D eigenvalue weighted by molar-refractivity contribution is 8.15. The Bertz CT molecular complexity index is 1170. The van der Waals surface area contributed by atoms with Crippen molar-refractivity contribution in [1.82, 2.24) is 5.32 Å². The van der Waals surface area contributed by atoms with Gasteiger partial charge in [-0.3, -0.25) is 14.9 Å². The molecule has 0 spiro atoms. The molecular formula is C26H28F3NO3S. The first-order chi connectivity index (χ1) is 15.7. The summed E-state index contributed by atoms with van der Waals surface area (Å²) >= 11 is 0.914. The first kappa shape index (κ1) is 24.6. The number of fused-ring (bicyclic) bond motifs is 1. The number of hydrogen-bond donors (Lipinski definition) is 1. The number of hydrogen-bond acceptors (Lipinski definition) is 4. The van der Waals surface area contributed by atoms with Crippen LogP contribution in [0.4, 0.5) is 18.0 Å². The average Bonchev–Trinajstić information content (AvgIpc) is 3.06. The molecule has 4 rings (SSSR count). The van der Waals surface area contributed by atoms with E-state index in [4.69, 9.17) is 4.74 Å². The number of thioether (sulfide) groups is 1. The molecule has 1 aliphatic carbocycles. The van der Waals surface area contributed by atoms with Gasteiger partial charge in [0.2, 0.25) is 5.91 Å². The zero-order chi connectivity index (χ0) is 25.1. The van der Waals surface area contributed by atoms with Crippen molar-refractivity contribution in [3.8, 4) is 16.9 Å². The number of rotatable bonds is 4. The van der Waals surface area contributed by atoms with Gasteiger partial charge in [0.15, 0.2) is 0 Å². The normalized spacial score (nSPS) is 21.2. The molecule has 1 N–H and O–H groups in total. The lowest BCUT2D eigenvalue weighted by Gasteiger charge is -2.42. The number of carbonyl (C=O) groups is 2. The number of amides is 2. The highest BCUT2D eigenvalue weighted by Gasteiger charge is 2.42. The number of methoxy groups -OCH3 is 1. The van der Waals surface area contributed by atoms with Crippen molar-refractivity contribution in [3.63, 3.8) is 0 Å². The molecule has 182 valence electrons. The van der Waals surface area contributed by atoms with E-state index >= 15 is 0 Å². The predicted molar refractivity (Wildman–Crippen MR) is 127 cm³/mol. The van der Waals surface area contributed by atoms with E-state index < -0.39 is 22.2 Å². The summed E-state index contributed by atoms with van der Waals surface area (Å²) < 4.78 is 48.4. The molecule has 1 atom stereocenters. The second kappa shape index (κ2) is 8.33. The third-order valence-electron chi connectivity index (χ3n) is 7.04. The van der Waals surface area contributed by atoms with Gasteiger partial charge in [0, 0.05) is 5.56 Å². The Morgan fingerprint density at radius 2 is 1.62 bits per heavy atom. The Hall–Kier alpha value is -2.48. The molecule has 2 aromatic carbocycles. The molecule has 0 aromatic heterocycles. The maximum absolute atomic E-state index is 14.3. The summed E-state index contributed by atoms with van der Waals surface area (Å²) in [5.74, 6) is -0.0671. The van der Waals surface area contributed by atoms with Crippen molar-refractivity contribution < 1.29 is 27.5 Å². The monoisotopic (exact) mass is 491 g/mol. The van der Waals surface area contributed by atoms with E-state index in [1.54, 1.807) is 24.3 Å². The summed E-state index contributed by atoms with van der Waals surface area (Å²) in [6.07, 6.45) is -2.56. The van der Waals surface area contributed by atoms with Crippen LogP contribution in [0, 0.1) is 0 Å². The van der Waals surface area contributed by atoms with Crippen molar-refractivity contribution >= 4 is 22.9 Å². The van der Waals surface area contributed by atoms with E-state index in [1.807, 2.05) is 13.8 Å². The minimum absolute atomic E-state index is 0.0867. The quantitative estimate of drug-likeness (QED) is 0.522. The molecule has 1 aliphatic heterocycles. The van der Waals surface area contributed by atoms with Crippen molar-refractivity contribution in [3.05, 3.63) is 52.6 Å².